The molecule has 2 heterocycles. The fourth-order valence-corrected chi connectivity index (χ4v) is 2.86. The molecule has 1 aliphatic heterocycles. The Hall–Kier alpha value is -0.800. The molecule has 0 bridgehead atoms. The molecule has 2 atom stereocenters. The van der Waals surface area contributed by atoms with Crippen molar-refractivity contribution in [3.63, 3.8) is 0 Å². The molecule has 0 radical (unpaired) electrons. The van der Waals surface area contributed by atoms with E-state index in [1.165, 1.54) is 25.7 Å². The monoisotopic (exact) mass is 281 g/mol. The summed E-state index contributed by atoms with van der Waals surface area (Å²) in [6.45, 7) is 5.40. The van der Waals surface area contributed by atoms with Crippen molar-refractivity contribution < 1.29 is 0 Å². The van der Waals surface area contributed by atoms with E-state index in [1.54, 1.807) is 6.20 Å². The van der Waals surface area contributed by atoms with Crippen molar-refractivity contribution in [3.8, 4) is 0 Å². The molecule has 1 saturated heterocycles. The van der Waals surface area contributed by atoms with Crippen molar-refractivity contribution in [2.75, 3.05) is 11.9 Å². The lowest BCUT2D eigenvalue weighted by atomic mass is 10.0. The number of hydrogen-bond acceptors (Lipinski definition) is 3. The van der Waals surface area contributed by atoms with Gasteiger partial charge in [-0.15, -0.1) is 0 Å². The molecule has 106 valence electrons. The summed E-state index contributed by atoms with van der Waals surface area (Å²) in [5, 5.41) is 7.68. The second-order valence-corrected chi connectivity index (χ2v) is 5.99. The molecular weight excluding hydrogens is 258 g/mol. The summed E-state index contributed by atoms with van der Waals surface area (Å²) in [5.41, 5.74) is 2.08. The molecule has 1 aromatic heterocycles. The second kappa shape index (κ2) is 7.11. The summed E-state index contributed by atoms with van der Waals surface area (Å²) < 4.78 is 0. The fraction of sp³-hybridized carbons (Fsp3) is 0.667. The molecule has 2 N–H and O–H groups in total. The molecular formula is C15H24ClN3. The molecule has 0 aliphatic carbocycles. The zero-order valence-corrected chi connectivity index (χ0v) is 12.6. The minimum absolute atomic E-state index is 0.400. The summed E-state index contributed by atoms with van der Waals surface area (Å²) >= 11 is 6.12. The average Bonchev–Trinajstić information content (AvgIpc) is 2.62. The highest BCUT2D eigenvalue weighted by molar-refractivity contribution is 6.31. The number of rotatable bonds is 4. The Labute approximate surface area is 121 Å². The Kier molecular flexibility index (Phi) is 5.46. The first kappa shape index (κ1) is 14.6. The van der Waals surface area contributed by atoms with E-state index < -0.39 is 0 Å². The van der Waals surface area contributed by atoms with Crippen molar-refractivity contribution >= 4 is 17.3 Å². The van der Waals surface area contributed by atoms with Gasteiger partial charge in [0.1, 0.15) is 0 Å². The van der Waals surface area contributed by atoms with Crippen LogP contribution in [-0.4, -0.2) is 23.6 Å². The maximum absolute atomic E-state index is 6.12. The lowest BCUT2D eigenvalue weighted by molar-refractivity contribution is 0.456. The van der Waals surface area contributed by atoms with Gasteiger partial charge in [-0.2, -0.15) is 0 Å². The van der Waals surface area contributed by atoms with Crippen LogP contribution in [0, 0.1) is 6.92 Å². The summed E-state index contributed by atoms with van der Waals surface area (Å²) in [6, 6.07) is 3.09. The molecule has 0 spiro atoms. The van der Waals surface area contributed by atoms with Crippen LogP contribution in [0.2, 0.25) is 5.15 Å². The molecule has 1 fully saturated rings. The van der Waals surface area contributed by atoms with Gasteiger partial charge in [0.15, 0.2) is 5.15 Å². The Bertz CT molecular complexity index is 400. The van der Waals surface area contributed by atoms with E-state index >= 15 is 0 Å². The topological polar surface area (TPSA) is 37.0 Å². The van der Waals surface area contributed by atoms with Gasteiger partial charge in [0.25, 0.3) is 0 Å². The third kappa shape index (κ3) is 4.66. The highest BCUT2D eigenvalue weighted by Gasteiger charge is 2.15. The fourth-order valence-electron chi connectivity index (χ4n) is 2.71. The Morgan fingerprint density at radius 3 is 3.16 bits per heavy atom. The lowest BCUT2D eigenvalue weighted by Gasteiger charge is -2.22. The second-order valence-electron chi connectivity index (χ2n) is 5.63. The Balaban J connectivity index is 1.89. The molecule has 3 nitrogen and oxygen atoms in total. The maximum Gasteiger partial charge on any atom is 0.152 e. The number of anilines is 1. The van der Waals surface area contributed by atoms with Crippen LogP contribution < -0.4 is 10.6 Å². The van der Waals surface area contributed by atoms with Gasteiger partial charge in [-0.1, -0.05) is 24.4 Å². The van der Waals surface area contributed by atoms with Gasteiger partial charge >= 0.3 is 0 Å². The van der Waals surface area contributed by atoms with Gasteiger partial charge in [0, 0.05) is 18.3 Å². The minimum Gasteiger partial charge on any atom is -0.380 e. The van der Waals surface area contributed by atoms with E-state index in [0.29, 0.717) is 17.2 Å². The van der Waals surface area contributed by atoms with Crippen LogP contribution >= 0.6 is 11.6 Å². The Morgan fingerprint density at radius 1 is 1.47 bits per heavy atom. The first-order chi connectivity index (χ1) is 9.15. The largest absolute Gasteiger partial charge is 0.380 e. The van der Waals surface area contributed by atoms with Crippen molar-refractivity contribution in [2.24, 2.45) is 0 Å². The van der Waals surface area contributed by atoms with Crippen LogP contribution in [0.5, 0.6) is 0 Å². The van der Waals surface area contributed by atoms with E-state index in [-0.39, 0.29) is 0 Å². The molecule has 1 aromatic rings. The molecule has 0 aromatic carbocycles. The van der Waals surface area contributed by atoms with Crippen LogP contribution in [0.1, 0.15) is 44.6 Å². The number of aryl methyl sites for hydroxylation is 1. The number of nitrogens with one attached hydrogen (secondary N) is 2. The molecule has 2 rings (SSSR count). The molecule has 1 aliphatic rings. The van der Waals surface area contributed by atoms with Gasteiger partial charge in [-0.05, 0) is 51.3 Å². The first-order valence-electron chi connectivity index (χ1n) is 7.27. The molecule has 0 saturated carbocycles. The summed E-state index contributed by atoms with van der Waals surface area (Å²) in [5.74, 6) is 0. The van der Waals surface area contributed by atoms with Crippen molar-refractivity contribution in [2.45, 2.75) is 58.0 Å². The first-order valence-corrected chi connectivity index (χ1v) is 7.65. The molecule has 19 heavy (non-hydrogen) atoms. The van der Waals surface area contributed by atoms with Gasteiger partial charge in [0.05, 0.1) is 5.69 Å². The number of halogens is 1. The van der Waals surface area contributed by atoms with E-state index in [9.17, 15) is 0 Å². The SMILES string of the molecule is Cc1cnc(Cl)c(NC(C)CC2CCCCCN2)c1. The Morgan fingerprint density at radius 2 is 2.32 bits per heavy atom. The summed E-state index contributed by atoms with van der Waals surface area (Å²) in [4.78, 5) is 4.18. The number of aromatic nitrogens is 1. The van der Waals surface area contributed by atoms with Gasteiger partial charge in [0.2, 0.25) is 0 Å². The molecule has 2 unspecified atom stereocenters. The van der Waals surface area contributed by atoms with E-state index in [4.69, 9.17) is 11.6 Å². The summed E-state index contributed by atoms with van der Waals surface area (Å²) in [6.07, 6.45) is 8.23. The predicted molar refractivity (Wildman–Crippen MR) is 81.9 cm³/mol. The lowest BCUT2D eigenvalue weighted by Crippen LogP contribution is -2.33. The number of pyridine rings is 1. The zero-order chi connectivity index (χ0) is 13.7. The van der Waals surface area contributed by atoms with Crippen LogP contribution in [0.15, 0.2) is 12.3 Å². The van der Waals surface area contributed by atoms with Crippen molar-refractivity contribution in [1.82, 2.24) is 10.3 Å². The van der Waals surface area contributed by atoms with E-state index in [0.717, 1.165) is 24.2 Å². The summed E-state index contributed by atoms with van der Waals surface area (Å²) in [7, 11) is 0. The quantitative estimate of drug-likeness (QED) is 0.825. The van der Waals surface area contributed by atoms with Crippen LogP contribution in [0.4, 0.5) is 5.69 Å². The van der Waals surface area contributed by atoms with Crippen LogP contribution in [0.3, 0.4) is 0 Å². The van der Waals surface area contributed by atoms with E-state index in [2.05, 4.69) is 28.6 Å². The highest BCUT2D eigenvalue weighted by atomic mass is 35.5. The number of nitrogens with zero attached hydrogens (tertiary/aromatic N) is 1. The van der Waals surface area contributed by atoms with Crippen molar-refractivity contribution in [1.29, 1.82) is 0 Å². The van der Waals surface area contributed by atoms with Gasteiger partial charge in [-0.25, -0.2) is 4.98 Å². The smallest absolute Gasteiger partial charge is 0.152 e. The van der Waals surface area contributed by atoms with Gasteiger partial charge in [-0.3, -0.25) is 0 Å². The van der Waals surface area contributed by atoms with E-state index in [1.807, 2.05) is 6.92 Å². The molecule has 4 heteroatoms. The van der Waals surface area contributed by atoms with Crippen molar-refractivity contribution in [3.05, 3.63) is 23.0 Å². The van der Waals surface area contributed by atoms with Crippen LogP contribution in [0.25, 0.3) is 0 Å². The maximum atomic E-state index is 6.12. The third-order valence-electron chi connectivity index (χ3n) is 3.68. The standard InChI is InChI=1S/C15H24ClN3/c1-11-8-14(15(16)18-10-11)19-12(2)9-13-6-4-3-5-7-17-13/h8,10,12-13,17,19H,3-7,9H2,1-2H3. The van der Waals surface area contributed by atoms with Crippen LogP contribution in [-0.2, 0) is 0 Å². The third-order valence-corrected chi connectivity index (χ3v) is 3.98. The molecule has 0 amide bonds. The minimum atomic E-state index is 0.400. The normalized spacial score (nSPS) is 21.7. The highest BCUT2D eigenvalue weighted by Crippen LogP contribution is 2.22. The number of hydrogen-bond donors (Lipinski definition) is 2. The zero-order valence-electron chi connectivity index (χ0n) is 11.9. The average molecular weight is 282 g/mol. The predicted octanol–water partition coefficient (Wildman–Crippen LogP) is 3.77. The van der Waals surface area contributed by atoms with Gasteiger partial charge < -0.3 is 10.6 Å².